The predicted octanol–water partition coefficient (Wildman–Crippen LogP) is 1.99. The Bertz CT molecular complexity index is 461. The molecule has 1 heterocycles. The normalized spacial score (nSPS) is 17.2. The van der Waals surface area contributed by atoms with Gasteiger partial charge < -0.3 is 14.8 Å². The van der Waals surface area contributed by atoms with Crippen LogP contribution in [0.25, 0.3) is 0 Å². The lowest BCUT2D eigenvalue weighted by Gasteiger charge is -2.30. The van der Waals surface area contributed by atoms with Crippen molar-refractivity contribution < 1.29 is 14.3 Å². The average Bonchev–Trinajstić information content (AvgIpc) is 2.47. The fraction of sp³-hybridized carbons (Fsp3) is 0.429. The van der Waals surface area contributed by atoms with Crippen molar-refractivity contribution in [3.8, 4) is 6.07 Å². The Morgan fingerprint density at radius 3 is 2.68 bits per heavy atom. The summed E-state index contributed by atoms with van der Waals surface area (Å²) in [5.74, 6) is 0. The van der Waals surface area contributed by atoms with Crippen LogP contribution in [-0.2, 0) is 16.1 Å². The van der Waals surface area contributed by atoms with E-state index in [1.54, 1.807) is 0 Å². The van der Waals surface area contributed by atoms with Gasteiger partial charge in [-0.1, -0.05) is 30.3 Å². The molecule has 0 radical (unpaired) electrons. The van der Waals surface area contributed by atoms with Crippen LogP contribution in [0.15, 0.2) is 30.3 Å². The Morgan fingerprint density at radius 2 is 2.05 bits per heavy atom. The maximum atomic E-state index is 11.7. The van der Waals surface area contributed by atoms with E-state index in [9.17, 15) is 10.1 Å². The first-order chi connectivity index (χ1) is 9.24. The van der Waals surface area contributed by atoms with Gasteiger partial charge in [-0.15, -0.1) is 0 Å². The summed E-state index contributed by atoms with van der Waals surface area (Å²) in [6.07, 6.45) is 0.417. The molecule has 1 aromatic carbocycles. The minimum atomic E-state index is -0.855. The summed E-state index contributed by atoms with van der Waals surface area (Å²) in [6.45, 7) is 1.16. The summed E-state index contributed by atoms with van der Waals surface area (Å²) < 4.78 is 10.3. The fourth-order valence-electron chi connectivity index (χ4n) is 1.94. The fourth-order valence-corrected chi connectivity index (χ4v) is 1.94. The zero-order chi connectivity index (χ0) is 13.6. The van der Waals surface area contributed by atoms with Crippen LogP contribution < -0.4 is 5.32 Å². The first-order valence-electron chi connectivity index (χ1n) is 6.22. The van der Waals surface area contributed by atoms with Crippen LogP contribution in [0.4, 0.5) is 4.79 Å². The van der Waals surface area contributed by atoms with Gasteiger partial charge in [0.15, 0.2) is 0 Å². The standard InChI is InChI=1S/C14H16N2O3/c15-11-14(6-8-18-9-7-14)16-13(17)19-10-12-4-2-1-3-5-12/h1-5H,6-10H2,(H,16,17). The number of nitrogens with zero attached hydrogens (tertiary/aromatic N) is 1. The van der Waals surface area contributed by atoms with E-state index in [0.29, 0.717) is 26.1 Å². The van der Waals surface area contributed by atoms with Crippen molar-refractivity contribution in [2.24, 2.45) is 0 Å². The summed E-state index contributed by atoms with van der Waals surface area (Å²) >= 11 is 0. The molecule has 1 saturated heterocycles. The van der Waals surface area contributed by atoms with Crippen LogP contribution in [0.2, 0.25) is 0 Å². The molecule has 0 aliphatic carbocycles. The quantitative estimate of drug-likeness (QED) is 0.902. The molecule has 100 valence electrons. The third kappa shape index (κ3) is 3.70. The van der Waals surface area contributed by atoms with E-state index in [-0.39, 0.29) is 6.61 Å². The second-order valence-corrected chi connectivity index (χ2v) is 4.49. The number of benzene rings is 1. The van der Waals surface area contributed by atoms with Crippen molar-refractivity contribution in [2.75, 3.05) is 13.2 Å². The smallest absolute Gasteiger partial charge is 0.408 e. The maximum Gasteiger partial charge on any atom is 0.408 e. The molecule has 5 heteroatoms. The number of nitrogens with one attached hydrogen (secondary N) is 1. The molecule has 1 aliphatic rings. The molecule has 1 aromatic rings. The lowest BCUT2D eigenvalue weighted by molar-refractivity contribution is 0.0533. The van der Waals surface area contributed by atoms with E-state index in [0.717, 1.165) is 5.56 Å². The third-order valence-corrected chi connectivity index (χ3v) is 3.11. The highest BCUT2D eigenvalue weighted by Crippen LogP contribution is 2.19. The Balaban J connectivity index is 1.85. The highest BCUT2D eigenvalue weighted by atomic mass is 16.5. The molecule has 0 saturated carbocycles. The van der Waals surface area contributed by atoms with Crippen LogP contribution in [-0.4, -0.2) is 24.8 Å². The lowest BCUT2D eigenvalue weighted by atomic mass is 9.92. The Labute approximate surface area is 112 Å². The summed E-state index contributed by atoms with van der Waals surface area (Å²) in [5.41, 5.74) is 0.0575. The molecular formula is C14H16N2O3. The zero-order valence-electron chi connectivity index (χ0n) is 10.6. The number of ether oxygens (including phenoxy) is 2. The van der Waals surface area contributed by atoms with Gasteiger partial charge in [0.1, 0.15) is 12.1 Å². The molecule has 1 fully saturated rings. The minimum Gasteiger partial charge on any atom is -0.445 e. The Morgan fingerprint density at radius 1 is 1.37 bits per heavy atom. The first-order valence-corrected chi connectivity index (χ1v) is 6.22. The molecule has 5 nitrogen and oxygen atoms in total. The van der Waals surface area contributed by atoms with Gasteiger partial charge in [0.05, 0.1) is 6.07 Å². The second-order valence-electron chi connectivity index (χ2n) is 4.49. The van der Waals surface area contributed by atoms with Gasteiger partial charge in [-0.05, 0) is 5.56 Å². The van der Waals surface area contributed by atoms with Crippen molar-refractivity contribution in [1.29, 1.82) is 5.26 Å². The Hall–Kier alpha value is -2.06. The molecule has 1 aliphatic heterocycles. The first kappa shape index (κ1) is 13.4. The van der Waals surface area contributed by atoms with Gasteiger partial charge >= 0.3 is 6.09 Å². The lowest BCUT2D eigenvalue weighted by Crippen LogP contribution is -2.51. The average molecular weight is 260 g/mol. The number of nitriles is 1. The summed E-state index contributed by atoms with van der Waals surface area (Å²) in [4.78, 5) is 11.7. The number of hydrogen-bond acceptors (Lipinski definition) is 4. The molecule has 1 amide bonds. The van der Waals surface area contributed by atoms with Crippen molar-refractivity contribution in [3.63, 3.8) is 0 Å². The van der Waals surface area contributed by atoms with Crippen LogP contribution in [0.5, 0.6) is 0 Å². The van der Waals surface area contributed by atoms with Crippen LogP contribution >= 0.6 is 0 Å². The number of hydrogen-bond donors (Lipinski definition) is 1. The van der Waals surface area contributed by atoms with E-state index >= 15 is 0 Å². The summed E-state index contributed by atoms with van der Waals surface area (Å²) in [7, 11) is 0. The van der Waals surface area contributed by atoms with Gasteiger partial charge in [0, 0.05) is 26.1 Å². The third-order valence-electron chi connectivity index (χ3n) is 3.11. The van der Waals surface area contributed by atoms with Gasteiger partial charge in [0.2, 0.25) is 0 Å². The highest BCUT2D eigenvalue weighted by Gasteiger charge is 2.34. The van der Waals surface area contributed by atoms with E-state index in [4.69, 9.17) is 9.47 Å². The largest absolute Gasteiger partial charge is 0.445 e. The van der Waals surface area contributed by atoms with E-state index in [1.807, 2.05) is 30.3 Å². The zero-order valence-corrected chi connectivity index (χ0v) is 10.6. The van der Waals surface area contributed by atoms with E-state index in [1.165, 1.54) is 0 Å². The van der Waals surface area contributed by atoms with E-state index < -0.39 is 11.6 Å². The molecule has 0 atom stereocenters. The number of carbonyl (C=O) groups excluding carboxylic acids is 1. The van der Waals surface area contributed by atoms with Gasteiger partial charge in [-0.3, -0.25) is 0 Å². The topological polar surface area (TPSA) is 71.4 Å². The van der Waals surface area contributed by atoms with Crippen molar-refractivity contribution in [2.45, 2.75) is 25.0 Å². The Kier molecular flexibility index (Phi) is 4.37. The molecular weight excluding hydrogens is 244 g/mol. The van der Waals surface area contributed by atoms with Crippen molar-refractivity contribution in [3.05, 3.63) is 35.9 Å². The van der Waals surface area contributed by atoms with Crippen LogP contribution in [0, 0.1) is 11.3 Å². The van der Waals surface area contributed by atoms with E-state index in [2.05, 4.69) is 11.4 Å². The molecule has 1 N–H and O–H groups in total. The van der Waals surface area contributed by atoms with Gasteiger partial charge in [-0.2, -0.15) is 5.26 Å². The van der Waals surface area contributed by atoms with Crippen LogP contribution in [0.1, 0.15) is 18.4 Å². The summed E-state index contributed by atoms with van der Waals surface area (Å²) in [6, 6.07) is 11.6. The number of rotatable bonds is 3. The minimum absolute atomic E-state index is 0.199. The number of amides is 1. The molecule has 2 rings (SSSR count). The van der Waals surface area contributed by atoms with Crippen molar-refractivity contribution >= 4 is 6.09 Å². The highest BCUT2D eigenvalue weighted by molar-refractivity contribution is 5.69. The maximum absolute atomic E-state index is 11.7. The molecule has 0 bridgehead atoms. The number of alkyl carbamates (subject to hydrolysis) is 1. The molecule has 0 unspecified atom stereocenters. The van der Waals surface area contributed by atoms with Gasteiger partial charge in [-0.25, -0.2) is 4.79 Å². The second kappa shape index (κ2) is 6.21. The summed E-state index contributed by atoms with van der Waals surface area (Å²) in [5, 5.41) is 11.8. The van der Waals surface area contributed by atoms with Crippen LogP contribution in [0.3, 0.4) is 0 Å². The molecule has 19 heavy (non-hydrogen) atoms. The van der Waals surface area contributed by atoms with Crippen molar-refractivity contribution in [1.82, 2.24) is 5.32 Å². The molecule has 0 spiro atoms. The number of carbonyl (C=O) groups is 1. The monoisotopic (exact) mass is 260 g/mol. The van der Waals surface area contributed by atoms with Gasteiger partial charge in [0.25, 0.3) is 0 Å². The SMILES string of the molecule is N#CC1(NC(=O)OCc2ccccc2)CCOCC1. The predicted molar refractivity (Wildman–Crippen MR) is 68.2 cm³/mol. The molecule has 0 aromatic heterocycles.